The van der Waals surface area contributed by atoms with E-state index in [1.54, 1.807) is 11.3 Å². The molecule has 0 radical (unpaired) electrons. The minimum atomic E-state index is -0.370. The van der Waals surface area contributed by atoms with Crippen molar-refractivity contribution in [2.24, 2.45) is 0 Å². The number of aryl methyl sites for hydroxylation is 1. The van der Waals surface area contributed by atoms with Crippen LogP contribution in [0.25, 0.3) is 0 Å². The Bertz CT molecular complexity index is 417. The molecule has 94 valence electrons. The van der Waals surface area contributed by atoms with Crippen LogP contribution < -0.4 is 5.59 Å². The summed E-state index contributed by atoms with van der Waals surface area (Å²) in [7, 11) is -0.370. The van der Waals surface area contributed by atoms with Crippen LogP contribution in [0.15, 0.2) is 3.79 Å². The van der Waals surface area contributed by atoms with Crippen LogP contribution in [0.1, 0.15) is 39.6 Å². The van der Waals surface area contributed by atoms with Crippen molar-refractivity contribution in [3.05, 3.63) is 8.79 Å². The zero-order valence-corrected chi connectivity index (χ0v) is 13.2. The molecule has 1 aliphatic rings. The van der Waals surface area contributed by atoms with Crippen molar-refractivity contribution < 1.29 is 9.31 Å². The van der Waals surface area contributed by atoms with Gasteiger partial charge in [0.1, 0.15) is 0 Å². The van der Waals surface area contributed by atoms with Gasteiger partial charge >= 0.3 is 7.12 Å². The van der Waals surface area contributed by atoms with Crippen molar-refractivity contribution >= 4 is 40.0 Å². The van der Waals surface area contributed by atoms with Gasteiger partial charge in [-0.15, -0.1) is 11.3 Å². The number of thiazole rings is 1. The minimum Gasteiger partial charge on any atom is -0.398 e. The van der Waals surface area contributed by atoms with E-state index in [1.165, 1.54) is 0 Å². The van der Waals surface area contributed by atoms with E-state index >= 15 is 0 Å². The Kier molecular flexibility index (Phi) is 3.45. The van der Waals surface area contributed by atoms with E-state index < -0.39 is 0 Å². The molecule has 0 aromatic carbocycles. The molecule has 1 aliphatic heterocycles. The van der Waals surface area contributed by atoms with Crippen molar-refractivity contribution in [2.75, 3.05) is 0 Å². The SMILES string of the molecule is CCc1nc(B2OC(C)(C)C(C)(C)O2)c(Br)s1. The first-order chi connectivity index (χ1) is 7.77. The van der Waals surface area contributed by atoms with Gasteiger partial charge in [0.15, 0.2) is 0 Å². The van der Waals surface area contributed by atoms with Crippen LogP contribution in [0.5, 0.6) is 0 Å². The Morgan fingerprint density at radius 3 is 2.18 bits per heavy atom. The van der Waals surface area contributed by atoms with Crippen LogP contribution in [0.2, 0.25) is 0 Å². The molecule has 1 saturated heterocycles. The summed E-state index contributed by atoms with van der Waals surface area (Å²) in [5.41, 5.74) is 0.241. The van der Waals surface area contributed by atoms with E-state index in [2.05, 4.69) is 27.8 Å². The third-order valence-electron chi connectivity index (χ3n) is 3.43. The molecule has 0 N–H and O–H groups in total. The maximum Gasteiger partial charge on any atom is 0.516 e. The van der Waals surface area contributed by atoms with Gasteiger partial charge in [-0.2, -0.15) is 0 Å². The predicted molar refractivity (Wildman–Crippen MR) is 74.9 cm³/mol. The summed E-state index contributed by atoms with van der Waals surface area (Å²) in [6, 6.07) is 0. The maximum absolute atomic E-state index is 5.98. The normalized spacial score (nSPS) is 22.1. The Hall–Kier alpha value is 0.0949. The zero-order chi connectivity index (χ0) is 12.8. The van der Waals surface area contributed by atoms with E-state index in [1.807, 2.05) is 27.7 Å². The standard InChI is InChI=1S/C11H17BBrNO2S/c1-6-7-14-8(9(13)17-7)12-15-10(2,3)11(4,5)16-12/h6H2,1-5H3. The molecule has 1 aromatic heterocycles. The van der Waals surface area contributed by atoms with Gasteiger partial charge in [-0.1, -0.05) is 6.92 Å². The number of hydrogen-bond acceptors (Lipinski definition) is 4. The molecular formula is C11H17BBrNO2S. The van der Waals surface area contributed by atoms with Gasteiger partial charge in [0.25, 0.3) is 0 Å². The van der Waals surface area contributed by atoms with Crippen molar-refractivity contribution in [3.8, 4) is 0 Å². The van der Waals surface area contributed by atoms with Crippen LogP contribution in [0, 0.1) is 0 Å². The molecule has 0 unspecified atom stereocenters. The summed E-state index contributed by atoms with van der Waals surface area (Å²) in [6.45, 7) is 10.3. The van der Waals surface area contributed by atoms with Crippen molar-refractivity contribution in [3.63, 3.8) is 0 Å². The molecule has 0 bridgehead atoms. The summed E-state index contributed by atoms with van der Waals surface area (Å²) in [5, 5.41) is 1.10. The molecule has 1 aromatic rings. The van der Waals surface area contributed by atoms with Crippen molar-refractivity contribution in [1.29, 1.82) is 0 Å². The van der Waals surface area contributed by atoms with E-state index in [-0.39, 0.29) is 18.3 Å². The Morgan fingerprint density at radius 2 is 1.76 bits per heavy atom. The maximum atomic E-state index is 5.98. The molecule has 2 rings (SSSR count). The molecule has 17 heavy (non-hydrogen) atoms. The molecular weight excluding hydrogens is 301 g/mol. The number of nitrogens with zero attached hydrogens (tertiary/aromatic N) is 1. The van der Waals surface area contributed by atoms with Crippen LogP contribution in [0.3, 0.4) is 0 Å². The van der Waals surface area contributed by atoms with Crippen molar-refractivity contribution in [1.82, 2.24) is 4.98 Å². The quantitative estimate of drug-likeness (QED) is 0.786. The smallest absolute Gasteiger partial charge is 0.398 e. The molecule has 1 fully saturated rings. The van der Waals surface area contributed by atoms with E-state index in [9.17, 15) is 0 Å². The highest BCUT2D eigenvalue weighted by Gasteiger charge is 2.53. The fourth-order valence-electron chi connectivity index (χ4n) is 1.61. The third kappa shape index (κ3) is 2.32. The van der Waals surface area contributed by atoms with Gasteiger partial charge in [0.2, 0.25) is 0 Å². The first-order valence-corrected chi connectivity index (χ1v) is 7.38. The summed E-state index contributed by atoms with van der Waals surface area (Å²) >= 11 is 5.19. The van der Waals surface area contributed by atoms with E-state index in [0.717, 1.165) is 20.8 Å². The second-order valence-corrected chi connectivity index (χ2v) is 7.61. The average Bonchev–Trinajstić information content (AvgIpc) is 2.66. The Balaban J connectivity index is 2.28. The lowest BCUT2D eigenvalue weighted by atomic mass is 9.86. The Labute approximate surface area is 115 Å². The first-order valence-electron chi connectivity index (χ1n) is 5.77. The molecule has 0 atom stereocenters. The summed E-state index contributed by atoms with van der Waals surface area (Å²) in [4.78, 5) is 4.56. The van der Waals surface area contributed by atoms with Crippen LogP contribution in [-0.2, 0) is 15.7 Å². The lowest BCUT2D eigenvalue weighted by molar-refractivity contribution is 0.00578. The average molecular weight is 318 g/mol. The molecule has 3 nitrogen and oxygen atoms in total. The second kappa shape index (κ2) is 4.33. The molecule has 6 heteroatoms. The van der Waals surface area contributed by atoms with Crippen LogP contribution in [-0.4, -0.2) is 23.3 Å². The summed E-state index contributed by atoms with van der Waals surface area (Å²) in [5.74, 6) is 0. The number of hydrogen-bond donors (Lipinski definition) is 0. The summed E-state index contributed by atoms with van der Waals surface area (Å²) in [6.07, 6.45) is 0.933. The lowest BCUT2D eigenvalue weighted by Gasteiger charge is -2.32. The minimum absolute atomic E-state index is 0.312. The van der Waals surface area contributed by atoms with Gasteiger partial charge in [-0.25, -0.2) is 4.98 Å². The second-order valence-electron chi connectivity index (χ2n) is 5.21. The predicted octanol–water partition coefficient (Wildman–Crippen LogP) is 2.77. The molecule has 0 saturated carbocycles. The van der Waals surface area contributed by atoms with Gasteiger partial charge in [-0.3, -0.25) is 0 Å². The molecule has 0 aliphatic carbocycles. The fourth-order valence-corrected chi connectivity index (χ4v) is 3.19. The highest BCUT2D eigenvalue weighted by Crippen LogP contribution is 2.37. The van der Waals surface area contributed by atoms with Gasteiger partial charge in [0.05, 0.1) is 25.6 Å². The number of rotatable bonds is 2. The van der Waals surface area contributed by atoms with Crippen molar-refractivity contribution in [2.45, 2.75) is 52.2 Å². The van der Waals surface area contributed by atoms with Gasteiger partial charge in [-0.05, 0) is 50.0 Å². The van der Waals surface area contributed by atoms with Gasteiger partial charge < -0.3 is 9.31 Å². The van der Waals surface area contributed by atoms with Crippen LogP contribution in [0.4, 0.5) is 0 Å². The highest BCUT2D eigenvalue weighted by molar-refractivity contribution is 9.11. The van der Waals surface area contributed by atoms with Gasteiger partial charge in [0, 0.05) is 0 Å². The lowest BCUT2D eigenvalue weighted by Crippen LogP contribution is -2.41. The van der Waals surface area contributed by atoms with E-state index in [4.69, 9.17) is 9.31 Å². The van der Waals surface area contributed by atoms with E-state index in [0.29, 0.717) is 0 Å². The molecule has 2 heterocycles. The number of aromatic nitrogens is 1. The third-order valence-corrected chi connectivity index (χ3v) is 5.33. The number of halogens is 1. The first kappa shape index (κ1) is 13.5. The topological polar surface area (TPSA) is 31.4 Å². The summed E-state index contributed by atoms with van der Waals surface area (Å²) < 4.78 is 13.0. The Morgan fingerprint density at radius 1 is 1.24 bits per heavy atom. The molecule has 0 amide bonds. The molecule has 0 spiro atoms. The largest absolute Gasteiger partial charge is 0.516 e. The monoisotopic (exact) mass is 317 g/mol. The highest BCUT2D eigenvalue weighted by atomic mass is 79.9. The fraction of sp³-hybridized carbons (Fsp3) is 0.727. The zero-order valence-electron chi connectivity index (χ0n) is 10.8. The van der Waals surface area contributed by atoms with Crippen LogP contribution >= 0.6 is 27.3 Å².